The van der Waals surface area contributed by atoms with E-state index in [-0.39, 0.29) is 5.91 Å². The Kier molecular flexibility index (Phi) is 6.27. The largest absolute Gasteiger partial charge is 0.372 e. The molecule has 0 atom stereocenters. The van der Waals surface area contributed by atoms with Crippen molar-refractivity contribution < 1.29 is 4.79 Å². The van der Waals surface area contributed by atoms with Gasteiger partial charge in [-0.25, -0.2) is 4.98 Å². The summed E-state index contributed by atoms with van der Waals surface area (Å²) >= 11 is 1.52. The minimum Gasteiger partial charge on any atom is -0.372 e. The van der Waals surface area contributed by atoms with E-state index in [1.807, 2.05) is 19.1 Å². The molecule has 1 aliphatic rings. The quantitative estimate of drug-likeness (QED) is 0.793. The number of aryl methyl sites for hydroxylation is 1. The third kappa shape index (κ3) is 4.43. The first-order valence-corrected chi connectivity index (χ1v) is 10.3. The second-order valence-corrected chi connectivity index (χ2v) is 7.76. The number of carbonyl (C=O) groups excluding carboxylic acids is 1. The van der Waals surface area contributed by atoms with E-state index in [4.69, 9.17) is 0 Å². The van der Waals surface area contributed by atoms with E-state index in [1.165, 1.54) is 29.9 Å². The smallest absolute Gasteiger partial charge is 0.267 e. The number of nitrogens with one attached hydrogen (secondary N) is 1. The van der Waals surface area contributed by atoms with Gasteiger partial charge in [-0.15, -0.1) is 11.3 Å². The van der Waals surface area contributed by atoms with E-state index >= 15 is 0 Å². The van der Waals surface area contributed by atoms with Crippen LogP contribution in [0.3, 0.4) is 0 Å². The fourth-order valence-corrected chi connectivity index (χ4v) is 4.40. The maximum atomic E-state index is 12.7. The van der Waals surface area contributed by atoms with E-state index in [1.54, 1.807) is 0 Å². The van der Waals surface area contributed by atoms with Crippen LogP contribution in [0.15, 0.2) is 24.3 Å². The lowest BCUT2D eigenvalue weighted by atomic mass is 10.2. The number of benzene rings is 1. The van der Waals surface area contributed by atoms with Gasteiger partial charge < -0.3 is 10.2 Å². The first-order chi connectivity index (χ1) is 12.6. The van der Waals surface area contributed by atoms with Gasteiger partial charge in [-0.2, -0.15) is 0 Å². The third-order valence-corrected chi connectivity index (χ3v) is 6.00. The number of rotatable bonds is 7. The van der Waals surface area contributed by atoms with Gasteiger partial charge >= 0.3 is 0 Å². The maximum absolute atomic E-state index is 12.7. The number of amides is 1. The predicted octanol–water partition coefficient (Wildman–Crippen LogP) is 4.15. The van der Waals surface area contributed by atoms with Crippen molar-refractivity contribution in [2.24, 2.45) is 0 Å². The molecule has 3 rings (SSSR count). The number of anilines is 2. The third-order valence-electron chi connectivity index (χ3n) is 4.86. The van der Waals surface area contributed by atoms with Crippen LogP contribution in [0, 0.1) is 6.92 Å². The first kappa shape index (κ1) is 18.9. The molecule has 1 fully saturated rings. The molecule has 2 aromatic rings. The fourth-order valence-electron chi connectivity index (χ4n) is 3.39. The maximum Gasteiger partial charge on any atom is 0.267 e. The topological polar surface area (TPSA) is 48.5 Å². The highest BCUT2D eigenvalue weighted by Gasteiger charge is 2.19. The lowest BCUT2D eigenvalue weighted by Crippen LogP contribution is -2.21. The van der Waals surface area contributed by atoms with E-state index in [0.29, 0.717) is 4.88 Å². The van der Waals surface area contributed by atoms with E-state index < -0.39 is 0 Å². The Morgan fingerprint density at radius 1 is 1.19 bits per heavy atom. The zero-order valence-electron chi connectivity index (χ0n) is 15.9. The molecule has 140 valence electrons. The van der Waals surface area contributed by atoms with Crippen LogP contribution in [0.4, 0.5) is 11.4 Å². The van der Waals surface area contributed by atoms with Gasteiger partial charge in [0.15, 0.2) is 0 Å². The monoisotopic (exact) mass is 372 g/mol. The predicted molar refractivity (Wildman–Crippen MR) is 109 cm³/mol. The molecule has 2 heterocycles. The van der Waals surface area contributed by atoms with Crippen LogP contribution in [-0.2, 0) is 6.54 Å². The number of hydrogen-bond acceptors (Lipinski definition) is 5. The molecule has 6 heteroatoms. The summed E-state index contributed by atoms with van der Waals surface area (Å²) in [5, 5.41) is 4.04. The van der Waals surface area contributed by atoms with E-state index in [9.17, 15) is 4.79 Å². The van der Waals surface area contributed by atoms with Gasteiger partial charge in [-0.3, -0.25) is 9.69 Å². The molecule has 0 spiro atoms. The van der Waals surface area contributed by atoms with Crippen molar-refractivity contribution >= 4 is 28.6 Å². The molecule has 0 aliphatic carbocycles. The Hall–Kier alpha value is -1.92. The van der Waals surface area contributed by atoms with Crippen LogP contribution < -0.4 is 10.2 Å². The molecule has 1 aliphatic heterocycles. The number of aromatic nitrogens is 1. The first-order valence-electron chi connectivity index (χ1n) is 9.45. The van der Waals surface area contributed by atoms with Gasteiger partial charge in [0.05, 0.1) is 12.2 Å². The van der Waals surface area contributed by atoms with Crippen LogP contribution in [0.1, 0.15) is 47.1 Å². The zero-order valence-corrected chi connectivity index (χ0v) is 16.7. The van der Waals surface area contributed by atoms with Crippen molar-refractivity contribution in [3.8, 4) is 0 Å². The van der Waals surface area contributed by atoms with Crippen molar-refractivity contribution in [1.82, 2.24) is 9.88 Å². The summed E-state index contributed by atoms with van der Waals surface area (Å²) in [6.07, 6.45) is 2.53. The van der Waals surface area contributed by atoms with Crippen LogP contribution in [0.2, 0.25) is 0 Å². The van der Waals surface area contributed by atoms with Crippen molar-refractivity contribution in [3.05, 3.63) is 39.8 Å². The summed E-state index contributed by atoms with van der Waals surface area (Å²) < 4.78 is 0. The highest BCUT2D eigenvalue weighted by atomic mass is 32.1. The molecule has 0 saturated carbocycles. The molecular weight excluding hydrogens is 344 g/mol. The molecule has 1 saturated heterocycles. The van der Waals surface area contributed by atoms with Crippen molar-refractivity contribution in [3.63, 3.8) is 0 Å². The Morgan fingerprint density at radius 2 is 1.85 bits per heavy atom. The molecular formula is C20H28N4OS. The van der Waals surface area contributed by atoms with Crippen molar-refractivity contribution in [1.29, 1.82) is 0 Å². The number of carbonyl (C=O) groups is 1. The average Bonchev–Trinajstić information content (AvgIpc) is 3.27. The van der Waals surface area contributed by atoms with Gasteiger partial charge in [0.25, 0.3) is 5.91 Å². The molecule has 1 N–H and O–H groups in total. The molecule has 0 bridgehead atoms. The average molecular weight is 373 g/mol. The number of likely N-dealkylation sites (tertiary alicyclic amines) is 1. The summed E-state index contributed by atoms with van der Waals surface area (Å²) in [5.74, 6) is -0.0664. The summed E-state index contributed by atoms with van der Waals surface area (Å²) in [7, 11) is 0. The van der Waals surface area contributed by atoms with Gasteiger partial charge in [0, 0.05) is 24.5 Å². The molecule has 1 aromatic heterocycles. The molecule has 0 unspecified atom stereocenters. The van der Waals surface area contributed by atoms with Gasteiger partial charge in [0.2, 0.25) is 0 Å². The zero-order chi connectivity index (χ0) is 18.5. The Bertz CT molecular complexity index is 731. The molecule has 26 heavy (non-hydrogen) atoms. The summed E-state index contributed by atoms with van der Waals surface area (Å²) in [6.45, 7) is 11.3. The fraction of sp³-hybridized carbons (Fsp3) is 0.500. The SMILES string of the molecule is CCN(CC)c1ccc(NC(=O)c2sc(CN3CCCC3)nc2C)cc1. The Labute approximate surface area is 160 Å². The number of thiazole rings is 1. The number of nitrogens with zero attached hydrogens (tertiary/aromatic N) is 3. The minimum atomic E-state index is -0.0664. The van der Waals surface area contributed by atoms with E-state index in [2.05, 4.69) is 46.1 Å². The summed E-state index contributed by atoms with van der Waals surface area (Å²) in [5.41, 5.74) is 2.82. The van der Waals surface area contributed by atoms with Crippen LogP contribution in [-0.4, -0.2) is 42.0 Å². The van der Waals surface area contributed by atoms with Crippen molar-refractivity contribution in [2.45, 2.75) is 40.2 Å². The lowest BCUT2D eigenvalue weighted by molar-refractivity contribution is 0.103. The van der Waals surface area contributed by atoms with Gasteiger partial charge in [0.1, 0.15) is 9.88 Å². The van der Waals surface area contributed by atoms with Crippen LogP contribution >= 0.6 is 11.3 Å². The summed E-state index contributed by atoms with van der Waals surface area (Å²) in [6, 6.07) is 8.04. The van der Waals surface area contributed by atoms with Crippen LogP contribution in [0.25, 0.3) is 0 Å². The minimum absolute atomic E-state index is 0.0664. The number of hydrogen-bond donors (Lipinski definition) is 1. The van der Waals surface area contributed by atoms with E-state index in [0.717, 1.165) is 49.1 Å². The highest BCUT2D eigenvalue weighted by molar-refractivity contribution is 7.13. The van der Waals surface area contributed by atoms with Gasteiger partial charge in [-0.05, 0) is 71.0 Å². The highest BCUT2D eigenvalue weighted by Crippen LogP contribution is 2.23. The van der Waals surface area contributed by atoms with Crippen molar-refractivity contribution in [2.75, 3.05) is 36.4 Å². The Balaban J connectivity index is 1.65. The molecule has 0 radical (unpaired) electrons. The summed E-state index contributed by atoms with van der Waals surface area (Å²) in [4.78, 5) is 22.7. The molecule has 1 aromatic carbocycles. The van der Waals surface area contributed by atoms with Crippen LogP contribution in [0.5, 0.6) is 0 Å². The second kappa shape index (κ2) is 8.64. The second-order valence-electron chi connectivity index (χ2n) is 6.68. The van der Waals surface area contributed by atoms with Gasteiger partial charge in [-0.1, -0.05) is 0 Å². The Morgan fingerprint density at radius 3 is 2.46 bits per heavy atom. The normalized spacial score (nSPS) is 14.6. The molecule has 5 nitrogen and oxygen atoms in total. The standard InChI is InChI=1S/C20H28N4OS/c1-4-24(5-2)17-10-8-16(9-11-17)22-20(25)19-15(3)21-18(26-19)14-23-12-6-7-13-23/h8-11H,4-7,12-14H2,1-3H3,(H,22,25). The molecule has 1 amide bonds. The lowest BCUT2D eigenvalue weighted by Gasteiger charge is -2.21.